The molecule has 0 saturated heterocycles. The molecular formula is C48H54. The van der Waals surface area contributed by atoms with Gasteiger partial charge in [0.05, 0.1) is 0 Å². The Hall–Kier alpha value is -3.90. The maximum Gasteiger partial charge on any atom is 0.0358 e. The summed E-state index contributed by atoms with van der Waals surface area (Å²) in [6.07, 6.45) is 0. The molecule has 246 valence electrons. The van der Waals surface area contributed by atoms with Gasteiger partial charge in [-0.2, -0.15) is 0 Å². The van der Waals surface area contributed by atoms with Crippen LogP contribution in [-0.2, 0) is 5.41 Å². The van der Waals surface area contributed by atoms with Crippen LogP contribution in [0.2, 0.25) is 0 Å². The largest absolute Gasteiger partial charge is 0.0617 e. The van der Waals surface area contributed by atoms with Gasteiger partial charge in [-0.3, -0.25) is 0 Å². The summed E-state index contributed by atoms with van der Waals surface area (Å²) in [6, 6.07) is 17.1. The minimum atomic E-state index is 0.0977. The molecule has 5 aromatic rings. The van der Waals surface area contributed by atoms with E-state index in [4.69, 9.17) is 0 Å². The number of hydrogen-bond donors (Lipinski definition) is 0. The molecule has 1 unspecified atom stereocenters. The molecule has 0 aromatic heterocycles. The van der Waals surface area contributed by atoms with Gasteiger partial charge in [-0.15, -0.1) is 0 Å². The lowest BCUT2D eigenvalue weighted by Gasteiger charge is -2.24. The van der Waals surface area contributed by atoms with Crippen molar-refractivity contribution >= 4 is 0 Å². The Kier molecular flexibility index (Phi) is 7.34. The van der Waals surface area contributed by atoms with Crippen LogP contribution < -0.4 is 0 Å². The average molecular weight is 631 g/mol. The van der Waals surface area contributed by atoms with Gasteiger partial charge in [-0.05, 0) is 223 Å². The fourth-order valence-electron chi connectivity index (χ4n) is 9.48. The lowest BCUT2D eigenvalue weighted by atomic mass is 9.79. The topological polar surface area (TPSA) is 0 Å². The van der Waals surface area contributed by atoms with Gasteiger partial charge in [0.2, 0.25) is 0 Å². The fraction of sp³-hybridized carbons (Fsp3) is 0.375. The van der Waals surface area contributed by atoms with Crippen LogP contribution in [0.25, 0.3) is 22.3 Å². The second-order valence-corrected chi connectivity index (χ2v) is 16.5. The first-order valence-electron chi connectivity index (χ1n) is 18.0. The third-order valence-corrected chi connectivity index (χ3v) is 13.4. The lowest BCUT2D eigenvalue weighted by molar-refractivity contribution is 0.589. The molecule has 0 heteroatoms. The Labute approximate surface area is 290 Å². The highest BCUT2D eigenvalue weighted by molar-refractivity contribution is 5.91. The molecule has 0 saturated carbocycles. The summed E-state index contributed by atoms with van der Waals surface area (Å²) >= 11 is 0. The molecule has 2 aliphatic carbocycles. The molecule has 0 nitrogen and oxygen atoms in total. The van der Waals surface area contributed by atoms with Gasteiger partial charge in [0.15, 0.2) is 0 Å². The summed E-state index contributed by atoms with van der Waals surface area (Å²) in [7, 11) is 0. The number of rotatable bonds is 2. The zero-order valence-electron chi connectivity index (χ0n) is 32.2. The van der Waals surface area contributed by atoms with Crippen molar-refractivity contribution < 1.29 is 0 Å². The molecule has 1 atom stereocenters. The zero-order chi connectivity index (χ0) is 34.9. The summed E-state index contributed by atoms with van der Waals surface area (Å²) in [4.78, 5) is 0. The molecule has 2 aliphatic rings. The monoisotopic (exact) mass is 630 g/mol. The number of benzene rings is 5. The highest BCUT2D eigenvalue weighted by Gasteiger charge is 2.40. The lowest BCUT2D eigenvalue weighted by Crippen LogP contribution is -2.12. The maximum absolute atomic E-state index is 2.61. The van der Waals surface area contributed by atoms with Crippen LogP contribution in [0.4, 0.5) is 0 Å². The molecule has 0 spiro atoms. The fourth-order valence-corrected chi connectivity index (χ4v) is 9.48. The summed E-state index contributed by atoms with van der Waals surface area (Å²) in [5.74, 6) is 0.450. The SMILES string of the molecule is Cc1c(C)c(C)c2c(c1C)-c1cc(C3c4c(C)c(C)c(C)c(C)c4-c4c(C)c(C)c(C)c(C)c43)ccc1C2c1cccc(C(C)(C)C)c1. The zero-order valence-corrected chi connectivity index (χ0v) is 32.2. The summed E-state index contributed by atoms with van der Waals surface area (Å²) in [6.45, 7) is 35.2. The van der Waals surface area contributed by atoms with Gasteiger partial charge < -0.3 is 0 Å². The van der Waals surface area contributed by atoms with Crippen LogP contribution in [0, 0.1) is 83.1 Å². The molecule has 0 amide bonds. The molecule has 48 heavy (non-hydrogen) atoms. The van der Waals surface area contributed by atoms with Crippen molar-refractivity contribution in [2.24, 2.45) is 0 Å². The van der Waals surface area contributed by atoms with E-state index in [9.17, 15) is 0 Å². The second-order valence-electron chi connectivity index (χ2n) is 16.5. The first kappa shape index (κ1) is 32.6. The highest BCUT2D eigenvalue weighted by Crippen LogP contribution is 2.58. The van der Waals surface area contributed by atoms with Crippen LogP contribution in [0.3, 0.4) is 0 Å². The van der Waals surface area contributed by atoms with Crippen molar-refractivity contribution in [1.82, 2.24) is 0 Å². The predicted molar refractivity (Wildman–Crippen MR) is 208 cm³/mol. The standard InChI is InChI=1S/C48H54/c1-23-24(2)30(8)41-40(29(23)7)39-22-36(19-20-38(39)46(41)35-17-16-18-37(21-35)48(13,14)15)47-44-33(11)27(5)25(3)31(9)42(44)43-32(10)26(4)28(6)34(12)45(43)47/h16-22,46-47H,1-15H3. The minimum absolute atomic E-state index is 0.0977. The first-order valence-corrected chi connectivity index (χ1v) is 18.0. The first-order chi connectivity index (χ1) is 22.5. The molecule has 0 heterocycles. The summed E-state index contributed by atoms with van der Waals surface area (Å²) in [5.41, 5.74) is 33.6. The molecule has 0 radical (unpaired) electrons. The van der Waals surface area contributed by atoms with Gasteiger partial charge in [-0.1, -0.05) is 57.2 Å². The molecular weight excluding hydrogens is 577 g/mol. The van der Waals surface area contributed by atoms with Crippen LogP contribution in [0.1, 0.15) is 138 Å². The van der Waals surface area contributed by atoms with Gasteiger partial charge in [-0.25, -0.2) is 0 Å². The van der Waals surface area contributed by atoms with E-state index in [1.807, 2.05) is 0 Å². The van der Waals surface area contributed by atoms with E-state index in [-0.39, 0.29) is 17.3 Å². The summed E-state index contributed by atoms with van der Waals surface area (Å²) < 4.78 is 0. The number of hydrogen-bond acceptors (Lipinski definition) is 0. The molecule has 7 rings (SSSR count). The summed E-state index contributed by atoms with van der Waals surface area (Å²) in [5, 5.41) is 0. The molecule has 0 fully saturated rings. The van der Waals surface area contributed by atoms with Gasteiger partial charge in [0.25, 0.3) is 0 Å². The van der Waals surface area contributed by atoms with E-state index < -0.39 is 0 Å². The van der Waals surface area contributed by atoms with E-state index in [2.05, 4.69) is 146 Å². The highest BCUT2D eigenvalue weighted by atomic mass is 14.4. The van der Waals surface area contributed by atoms with Crippen LogP contribution >= 0.6 is 0 Å². The minimum Gasteiger partial charge on any atom is -0.0617 e. The van der Waals surface area contributed by atoms with Crippen LogP contribution in [0.15, 0.2) is 42.5 Å². The number of fused-ring (bicyclic) bond motifs is 6. The Morgan fingerprint density at radius 2 is 0.812 bits per heavy atom. The van der Waals surface area contributed by atoms with Crippen molar-refractivity contribution in [2.75, 3.05) is 0 Å². The molecule has 5 aromatic carbocycles. The van der Waals surface area contributed by atoms with E-state index in [0.29, 0.717) is 0 Å². The van der Waals surface area contributed by atoms with Gasteiger partial charge in [0.1, 0.15) is 0 Å². The molecule has 0 aliphatic heterocycles. The predicted octanol–water partition coefficient (Wildman–Crippen LogP) is 13.0. The Morgan fingerprint density at radius 3 is 1.29 bits per heavy atom. The molecule has 0 N–H and O–H groups in total. The van der Waals surface area contributed by atoms with Crippen LogP contribution in [0.5, 0.6) is 0 Å². The van der Waals surface area contributed by atoms with Crippen LogP contribution in [-0.4, -0.2) is 0 Å². The molecule has 0 bridgehead atoms. The van der Waals surface area contributed by atoms with Gasteiger partial charge >= 0.3 is 0 Å². The van der Waals surface area contributed by atoms with E-state index in [1.54, 1.807) is 0 Å². The van der Waals surface area contributed by atoms with E-state index in [0.717, 1.165) is 0 Å². The third kappa shape index (κ3) is 4.27. The smallest absolute Gasteiger partial charge is 0.0358 e. The quantitative estimate of drug-likeness (QED) is 0.178. The maximum atomic E-state index is 2.61. The normalized spacial score (nSPS) is 15.1. The van der Waals surface area contributed by atoms with Crippen molar-refractivity contribution in [2.45, 2.75) is 121 Å². The van der Waals surface area contributed by atoms with E-state index >= 15 is 0 Å². The average Bonchev–Trinajstić information content (AvgIpc) is 3.60. The third-order valence-electron chi connectivity index (χ3n) is 13.4. The van der Waals surface area contributed by atoms with Crippen molar-refractivity contribution in [3.63, 3.8) is 0 Å². The van der Waals surface area contributed by atoms with Crippen molar-refractivity contribution in [3.8, 4) is 22.3 Å². The Balaban J connectivity index is 1.56. The Bertz CT molecular complexity index is 2160. The van der Waals surface area contributed by atoms with Gasteiger partial charge in [0, 0.05) is 11.8 Å². The van der Waals surface area contributed by atoms with E-state index in [1.165, 1.54) is 128 Å². The Morgan fingerprint density at radius 1 is 0.396 bits per heavy atom. The second kappa shape index (κ2) is 10.8. The van der Waals surface area contributed by atoms with Crippen molar-refractivity contribution in [3.05, 3.63) is 148 Å². The van der Waals surface area contributed by atoms with Crippen molar-refractivity contribution in [1.29, 1.82) is 0 Å².